The second-order valence-electron chi connectivity index (χ2n) is 17.9. The van der Waals surface area contributed by atoms with E-state index in [0.29, 0.717) is 33.7 Å². The Balaban J connectivity index is 1.27. The van der Waals surface area contributed by atoms with Gasteiger partial charge >= 0.3 is 0 Å². The fourth-order valence-electron chi connectivity index (χ4n) is 8.44. The summed E-state index contributed by atoms with van der Waals surface area (Å²) in [5.74, 6) is -0.215. The van der Waals surface area contributed by atoms with Gasteiger partial charge in [0, 0.05) is 36.6 Å². The van der Waals surface area contributed by atoms with E-state index in [2.05, 4.69) is 61.7 Å². The predicted molar refractivity (Wildman–Crippen MR) is 269 cm³/mol. The number of phenols is 1. The van der Waals surface area contributed by atoms with Gasteiger partial charge in [-0.2, -0.15) is 0 Å². The van der Waals surface area contributed by atoms with Crippen LogP contribution in [0.5, 0.6) is 5.75 Å². The highest BCUT2D eigenvalue weighted by atomic mass is 16.3. The zero-order valence-electron chi connectivity index (χ0n) is 47.0. The number of hydrogen-bond donors (Lipinski definition) is 1. The molecule has 0 bridgehead atoms. The fourth-order valence-corrected chi connectivity index (χ4v) is 8.44. The molecule has 9 rings (SSSR count). The van der Waals surface area contributed by atoms with Gasteiger partial charge in [0.15, 0.2) is 0 Å². The molecule has 0 atom stereocenters. The average molecular weight is 846 g/mol. The third-order valence-corrected chi connectivity index (χ3v) is 12.1. The molecule has 2 aromatic heterocycles. The van der Waals surface area contributed by atoms with Gasteiger partial charge in [0.25, 0.3) is 0 Å². The fraction of sp³-hybridized carbons (Fsp3) is 0.200. The van der Waals surface area contributed by atoms with Crippen molar-refractivity contribution in [3.8, 4) is 78.6 Å². The van der Waals surface area contributed by atoms with Crippen LogP contribution in [0.1, 0.15) is 97.0 Å². The first kappa shape index (κ1) is 31.7. The molecular formula is C60H57N3O. The minimum absolute atomic E-state index is 0.126. The maximum Gasteiger partial charge on any atom is 0.149 e. The van der Waals surface area contributed by atoms with Crippen molar-refractivity contribution in [2.75, 3.05) is 0 Å². The Labute approximate surface area is 393 Å². The highest BCUT2D eigenvalue weighted by Gasteiger charge is 2.26. The summed E-state index contributed by atoms with van der Waals surface area (Å²) >= 11 is 0. The molecule has 4 heteroatoms. The van der Waals surface area contributed by atoms with E-state index in [9.17, 15) is 5.11 Å². The lowest BCUT2D eigenvalue weighted by Gasteiger charge is -2.22. The molecule has 0 fully saturated rings. The third-order valence-electron chi connectivity index (χ3n) is 12.1. The van der Waals surface area contributed by atoms with Crippen molar-refractivity contribution in [2.24, 2.45) is 0 Å². The van der Waals surface area contributed by atoms with Crippen molar-refractivity contribution in [3.63, 3.8) is 0 Å². The van der Waals surface area contributed by atoms with Gasteiger partial charge in [-0.15, -0.1) is 0 Å². The molecule has 318 valence electrons. The number of phenolic OH excluding ortho intramolecular Hbond substituents is 1. The Hall–Kier alpha value is -7.04. The summed E-state index contributed by atoms with van der Waals surface area (Å²) in [6.07, 6.45) is 1.66. The third kappa shape index (κ3) is 8.17. The lowest BCUT2D eigenvalue weighted by molar-refractivity contribution is 0.471. The zero-order chi connectivity index (χ0) is 53.3. The van der Waals surface area contributed by atoms with Crippen LogP contribution in [0.4, 0.5) is 0 Å². The van der Waals surface area contributed by atoms with Gasteiger partial charge in [-0.25, -0.2) is 4.98 Å². The van der Waals surface area contributed by atoms with Crippen molar-refractivity contribution in [1.82, 2.24) is 14.5 Å². The van der Waals surface area contributed by atoms with Crippen LogP contribution in [0, 0.1) is 6.92 Å². The highest BCUT2D eigenvalue weighted by molar-refractivity contribution is 5.98. The molecule has 0 amide bonds. The molecule has 0 saturated heterocycles. The first-order valence-corrected chi connectivity index (χ1v) is 21.5. The molecular weight excluding hydrogens is 779 g/mol. The number of aromatic hydroxyl groups is 1. The Morgan fingerprint density at radius 2 is 1.23 bits per heavy atom. The van der Waals surface area contributed by atoms with Crippen LogP contribution in [0.2, 0.25) is 0 Å². The lowest BCUT2D eigenvalue weighted by atomic mass is 9.84. The number of aromatic nitrogens is 3. The SMILES string of the molecule is [2H]C(C)(C)c1ccc(-n2c(-c3cc(C(C)(C)C)cc(C)c3O)nc3c(-c4cc(-c5ccccc5)cc(-c5cc(-c6ccc(C(C([2H])([2H])[2H])(C([2H])([2H])[2H])C([2H])([2H])[2H])cc6)ccn5)c4)cccc32)c(-c2ccccc2)c1. The Bertz CT molecular complexity index is 3510. The van der Waals surface area contributed by atoms with Crippen molar-refractivity contribution >= 4 is 11.0 Å². The van der Waals surface area contributed by atoms with Crippen molar-refractivity contribution in [1.29, 1.82) is 0 Å². The minimum atomic E-state index is -3.38. The Morgan fingerprint density at radius 1 is 0.562 bits per heavy atom. The number of aryl methyl sites for hydroxylation is 1. The van der Waals surface area contributed by atoms with Crippen LogP contribution in [0.3, 0.4) is 0 Å². The van der Waals surface area contributed by atoms with Crippen molar-refractivity contribution < 1.29 is 18.8 Å². The summed E-state index contributed by atoms with van der Waals surface area (Å²) in [5, 5.41) is 12.1. The van der Waals surface area contributed by atoms with Crippen LogP contribution in [-0.4, -0.2) is 19.6 Å². The van der Waals surface area contributed by atoms with Crippen molar-refractivity contribution in [2.45, 2.75) is 78.8 Å². The number of fused-ring (bicyclic) bond motifs is 1. The predicted octanol–water partition coefficient (Wildman–Crippen LogP) is 16.2. The van der Waals surface area contributed by atoms with E-state index in [4.69, 9.17) is 23.7 Å². The summed E-state index contributed by atoms with van der Waals surface area (Å²) in [6, 6.07) is 52.0. The Morgan fingerprint density at radius 3 is 1.92 bits per heavy atom. The summed E-state index contributed by atoms with van der Waals surface area (Å²) in [4.78, 5) is 10.4. The molecule has 7 aromatic carbocycles. The number of pyridine rings is 1. The molecule has 9 aromatic rings. The normalized spacial score (nSPS) is 15.1. The minimum Gasteiger partial charge on any atom is -0.507 e. The number of nitrogens with zero attached hydrogens (tertiary/aromatic N) is 3. The molecule has 0 radical (unpaired) electrons. The number of para-hydroxylation sites is 1. The largest absolute Gasteiger partial charge is 0.507 e. The topological polar surface area (TPSA) is 50.9 Å². The van der Waals surface area contributed by atoms with E-state index in [1.807, 2.05) is 118 Å². The molecule has 4 nitrogen and oxygen atoms in total. The number of rotatable bonds is 8. The van der Waals surface area contributed by atoms with E-state index < -0.39 is 31.9 Å². The average Bonchev–Trinajstić information content (AvgIpc) is 3.73. The second kappa shape index (κ2) is 16.6. The molecule has 0 saturated carbocycles. The van der Waals surface area contributed by atoms with E-state index >= 15 is 0 Å². The Kier molecular flexibility index (Phi) is 8.23. The lowest BCUT2D eigenvalue weighted by Crippen LogP contribution is -2.12. The van der Waals surface area contributed by atoms with Gasteiger partial charge in [-0.1, -0.05) is 164 Å². The summed E-state index contributed by atoms with van der Waals surface area (Å²) in [7, 11) is 0. The summed E-state index contributed by atoms with van der Waals surface area (Å²) in [5.41, 5.74) is 9.85. The molecule has 0 aliphatic rings. The number of benzene rings is 7. The van der Waals surface area contributed by atoms with Gasteiger partial charge in [0.05, 0.1) is 28.0 Å². The summed E-state index contributed by atoms with van der Waals surface area (Å²) in [6.45, 7) is 1.97. The van der Waals surface area contributed by atoms with Crippen LogP contribution < -0.4 is 0 Å². The van der Waals surface area contributed by atoms with Gasteiger partial charge < -0.3 is 5.11 Å². The van der Waals surface area contributed by atoms with Gasteiger partial charge in [-0.05, 0) is 134 Å². The first-order chi connectivity index (χ1) is 34.7. The quantitative estimate of drug-likeness (QED) is 0.166. The zero-order valence-corrected chi connectivity index (χ0v) is 37.0. The van der Waals surface area contributed by atoms with Crippen LogP contribution in [0.15, 0.2) is 170 Å². The van der Waals surface area contributed by atoms with Crippen molar-refractivity contribution in [3.05, 3.63) is 192 Å². The standard InChI is InChI=1S/C60H57N3O/c1-38(2)43-25-28-54(51(35-43)42-19-14-11-15-20-42)63-55-22-16-21-50(56(55)62-58(63)52-37-49(60(7,8)9)31-39(3)57(52)64)46-32-45(40-17-12-10-13-18-40)33-47(34-46)53-36-44(29-30-61-53)41-23-26-48(27-24-41)59(4,5)6/h10-38,64H,1-9H3/i4D3,5D3,6D3,38D. The van der Waals surface area contributed by atoms with Gasteiger partial charge in [0.2, 0.25) is 0 Å². The second-order valence-corrected chi connectivity index (χ2v) is 17.9. The van der Waals surface area contributed by atoms with E-state index in [0.717, 1.165) is 66.8 Å². The molecule has 0 aliphatic heterocycles. The summed E-state index contributed by atoms with van der Waals surface area (Å²) < 4.78 is 85.1. The molecule has 0 spiro atoms. The molecule has 0 unspecified atom stereocenters. The number of hydrogen-bond acceptors (Lipinski definition) is 3. The molecule has 64 heavy (non-hydrogen) atoms. The van der Waals surface area contributed by atoms with Gasteiger partial charge in [-0.3, -0.25) is 9.55 Å². The maximum absolute atomic E-state index is 12.1. The number of imidazole rings is 1. The van der Waals surface area contributed by atoms with E-state index in [1.54, 1.807) is 24.4 Å². The molecule has 2 heterocycles. The monoisotopic (exact) mass is 846 g/mol. The van der Waals surface area contributed by atoms with Crippen LogP contribution >= 0.6 is 0 Å². The van der Waals surface area contributed by atoms with Crippen LogP contribution in [-0.2, 0) is 10.8 Å². The maximum atomic E-state index is 12.1. The highest BCUT2D eigenvalue weighted by Crippen LogP contribution is 2.44. The molecule has 1 N–H and O–H groups in total. The smallest absolute Gasteiger partial charge is 0.149 e. The van der Waals surface area contributed by atoms with E-state index in [-0.39, 0.29) is 16.7 Å². The molecule has 0 aliphatic carbocycles. The first-order valence-electron chi connectivity index (χ1n) is 26.5. The van der Waals surface area contributed by atoms with E-state index in [1.165, 1.54) is 12.1 Å². The van der Waals surface area contributed by atoms with Crippen LogP contribution in [0.25, 0.3) is 83.9 Å². The van der Waals surface area contributed by atoms with Gasteiger partial charge in [0.1, 0.15) is 11.6 Å².